The monoisotopic (exact) mass is 558 g/mol. The number of benzene rings is 2. The van der Waals surface area contributed by atoms with Crippen molar-refractivity contribution in [2.75, 3.05) is 39.3 Å². The Morgan fingerprint density at radius 3 is 2.18 bits per heavy atom. The van der Waals surface area contributed by atoms with E-state index >= 15 is 0 Å². The van der Waals surface area contributed by atoms with Gasteiger partial charge >= 0.3 is 0 Å². The molecular formula is C26H35IN6. The topological polar surface area (TPSA) is 48.7 Å². The molecule has 2 aromatic carbocycles. The number of aliphatic imine (C=N–C) groups is 1. The number of hydrogen-bond acceptors (Lipinski definition) is 3. The minimum atomic E-state index is 0. The summed E-state index contributed by atoms with van der Waals surface area (Å²) in [4.78, 5) is 14.4. The van der Waals surface area contributed by atoms with Gasteiger partial charge in [-0.05, 0) is 18.1 Å². The van der Waals surface area contributed by atoms with Gasteiger partial charge in [-0.2, -0.15) is 0 Å². The SMILES string of the molecule is CCNC(=NCCc1nccn1Cc1ccccc1)N1CCN(Cc2ccccc2)CC1.I. The molecule has 33 heavy (non-hydrogen) atoms. The van der Waals surface area contributed by atoms with Crippen molar-refractivity contribution in [3.63, 3.8) is 0 Å². The van der Waals surface area contributed by atoms with E-state index in [0.29, 0.717) is 0 Å². The highest BCUT2D eigenvalue weighted by atomic mass is 127. The molecule has 3 aromatic rings. The van der Waals surface area contributed by atoms with Gasteiger partial charge in [-0.25, -0.2) is 4.98 Å². The maximum Gasteiger partial charge on any atom is 0.194 e. The lowest BCUT2D eigenvalue weighted by Gasteiger charge is -2.36. The zero-order chi connectivity index (χ0) is 22.0. The summed E-state index contributed by atoms with van der Waals surface area (Å²) in [6.45, 7) is 9.73. The minimum absolute atomic E-state index is 0. The second kappa shape index (κ2) is 13.3. The van der Waals surface area contributed by atoms with Gasteiger partial charge in [-0.1, -0.05) is 60.7 Å². The fraction of sp³-hybridized carbons (Fsp3) is 0.385. The Morgan fingerprint density at radius 1 is 0.909 bits per heavy atom. The van der Waals surface area contributed by atoms with Gasteiger partial charge in [0.15, 0.2) is 5.96 Å². The maximum atomic E-state index is 4.93. The van der Waals surface area contributed by atoms with Gasteiger partial charge in [0.25, 0.3) is 0 Å². The van der Waals surface area contributed by atoms with Crippen LogP contribution in [0.1, 0.15) is 23.9 Å². The van der Waals surface area contributed by atoms with Gasteiger partial charge in [-0.3, -0.25) is 9.89 Å². The molecule has 0 saturated carbocycles. The van der Waals surface area contributed by atoms with E-state index in [1.54, 1.807) is 0 Å². The van der Waals surface area contributed by atoms with Gasteiger partial charge in [-0.15, -0.1) is 24.0 Å². The third-order valence-corrected chi connectivity index (χ3v) is 5.85. The summed E-state index contributed by atoms with van der Waals surface area (Å²) >= 11 is 0. The van der Waals surface area contributed by atoms with E-state index in [1.807, 2.05) is 6.20 Å². The zero-order valence-corrected chi connectivity index (χ0v) is 21.8. The number of nitrogens with zero attached hydrogens (tertiary/aromatic N) is 5. The fourth-order valence-electron chi connectivity index (χ4n) is 4.14. The predicted molar refractivity (Wildman–Crippen MR) is 146 cm³/mol. The van der Waals surface area contributed by atoms with Crippen LogP contribution in [-0.4, -0.2) is 64.6 Å². The third-order valence-electron chi connectivity index (χ3n) is 5.85. The number of rotatable bonds is 8. The zero-order valence-electron chi connectivity index (χ0n) is 19.4. The maximum absolute atomic E-state index is 4.93. The highest BCUT2D eigenvalue weighted by Gasteiger charge is 2.19. The third kappa shape index (κ3) is 7.57. The predicted octanol–water partition coefficient (Wildman–Crippen LogP) is 3.88. The summed E-state index contributed by atoms with van der Waals surface area (Å²) in [6.07, 6.45) is 4.78. The summed E-state index contributed by atoms with van der Waals surface area (Å²) in [5.74, 6) is 2.11. The summed E-state index contributed by atoms with van der Waals surface area (Å²) in [5.41, 5.74) is 2.67. The molecule has 1 aliphatic rings. The number of imidazole rings is 1. The molecule has 1 saturated heterocycles. The minimum Gasteiger partial charge on any atom is -0.357 e. The van der Waals surface area contributed by atoms with E-state index in [-0.39, 0.29) is 24.0 Å². The first-order chi connectivity index (χ1) is 15.8. The van der Waals surface area contributed by atoms with Crippen LogP contribution in [0, 0.1) is 0 Å². The van der Waals surface area contributed by atoms with Crippen LogP contribution in [-0.2, 0) is 19.5 Å². The lowest BCUT2D eigenvalue weighted by atomic mass is 10.2. The number of hydrogen-bond donors (Lipinski definition) is 1. The second-order valence-corrected chi connectivity index (χ2v) is 8.19. The Balaban J connectivity index is 0.00000306. The van der Waals surface area contributed by atoms with E-state index in [0.717, 1.165) is 70.6 Å². The highest BCUT2D eigenvalue weighted by molar-refractivity contribution is 14.0. The molecule has 1 aromatic heterocycles. The van der Waals surface area contributed by atoms with Gasteiger partial charge in [0.05, 0.1) is 0 Å². The summed E-state index contributed by atoms with van der Waals surface area (Å²) in [6, 6.07) is 21.3. The van der Waals surface area contributed by atoms with Crippen molar-refractivity contribution >= 4 is 29.9 Å². The van der Waals surface area contributed by atoms with Gasteiger partial charge in [0.1, 0.15) is 5.82 Å². The van der Waals surface area contributed by atoms with Crippen molar-refractivity contribution in [3.05, 3.63) is 90.0 Å². The lowest BCUT2D eigenvalue weighted by Crippen LogP contribution is -2.52. The molecular weight excluding hydrogens is 523 g/mol. The molecule has 1 aliphatic heterocycles. The first kappa shape index (κ1) is 25.2. The number of piperazine rings is 1. The van der Waals surface area contributed by atoms with Crippen molar-refractivity contribution in [3.8, 4) is 0 Å². The van der Waals surface area contributed by atoms with Gasteiger partial charge < -0.3 is 14.8 Å². The standard InChI is InChI=1S/C26H34N6.HI/c1-2-27-26(31-19-17-30(18-20-31)21-23-9-5-3-6-10-23)29-14-13-25-28-15-16-32(25)22-24-11-7-4-8-12-24;/h3-12,15-16H,2,13-14,17-22H2,1H3,(H,27,29);1H. The molecule has 1 N–H and O–H groups in total. The van der Waals surface area contributed by atoms with Crippen LogP contribution in [0.15, 0.2) is 78.0 Å². The van der Waals surface area contributed by atoms with Crippen molar-refractivity contribution in [2.45, 2.75) is 26.4 Å². The molecule has 0 amide bonds. The lowest BCUT2D eigenvalue weighted by molar-refractivity contribution is 0.172. The van der Waals surface area contributed by atoms with Crippen LogP contribution >= 0.6 is 24.0 Å². The molecule has 7 heteroatoms. The molecule has 4 rings (SSSR count). The Labute approximate surface area is 214 Å². The Kier molecular flexibility index (Phi) is 10.2. The van der Waals surface area contributed by atoms with Crippen LogP contribution in [0.2, 0.25) is 0 Å². The molecule has 0 unspecified atom stereocenters. The van der Waals surface area contributed by atoms with Crippen LogP contribution in [0.3, 0.4) is 0 Å². The van der Waals surface area contributed by atoms with E-state index in [9.17, 15) is 0 Å². The molecule has 0 spiro atoms. The Hall–Kier alpha value is -2.39. The van der Waals surface area contributed by atoms with Crippen LogP contribution in [0.4, 0.5) is 0 Å². The molecule has 0 radical (unpaired) electrons. The van der Waals surface area contributed by atoms with Crippen molar-refractivity contribution in [1.82, 2.24) is 24.7 Å². The highest BCUT2D eigenvalue weighted by Crippen LogP contribution is 2.10. The Morgan fingerprint density at radius 2 is 1.55 bits per heavy atom. The van der Waals surface area contributed by atoms with Gasteiger partial charge in [0.2, 0.25) is 0 Å². The quantitative estimate of drug-likeness (QED) is 0.259. The number of nitrogens with one attached hydrogen (secondary N) is 1. The fourth-order valence-corrected chi connectivity index (χ4v) is 4.14. The molecule has 176 valence electrons. The van der Waals surface area contributed by atoms with E-state index in [2.05, 4.69) is 98.5 Å². The smallest absolute Gasteiger partial charge is 0.194 e. The van der Waals surface area contributed by atoms with Crippen LogP contribution in [0.5, 0.6) is 0 Å². The van der Waals surface area contributed by atoms with Crippen molar-refractivity contribution < 1.29 is 0 Å². The Bertz CT molecular complexity index is 965. The number of aromatic nitrogens is 2. The molecule has 0 atom stereocenters. The molecule has 6 nitrogen and oxygen atoms in total. The van der Waals surface area contributed by atoms with Crippen LogP contribution < -0.4 is 5.32 Å². The molecule has 0 bridgehead atoms. The van der Waals surface area contributed by atoms with Crippen LogP contribution in [0.25, 0.3) is 0 Å². The average molecular weight is 559 g/mol. The van der Waals surface area contributed by atoms with Crippen molar-refractivity contribution in [2.24, 2.45) is 4.99 Å². The molecule has 0 aliphatic carbocycles. The second-order valence-electron chi connectivity index (χ2n) is 8.19. The number of halogens is 1. The van der Waals surface area contributed by atoms with E-state index < -0.39 is 0 Å². The first-order valence-corrected chi connectivity index (χ1v) is 11.7. The van der Waals surface area contributed by atoms with E-state index in [4.69, 9.17) is 4.99 Å². The summed E-state index contributed by atoms with van der Waals surface area (Å²) in [5, 5.41) is 3.48. The molecule has 2 heterocycles. The van der Waals surface area contributed by atoms with Crippen molar-refractivity contribution in [1.29, 1.82) is 0 Å². The largest absolute Gasteiger partial charge is 0.357 e. The summed E-state index contributed by atoms with van der Waals surface area (Å²) in [7, 11) is 0. The van der Waals surface area contributed by atoms with E-state index in [1.165, 1.54) is 11.1 Å². The molecule has 1 fully saturated rings. The number of guanidine groups is 1. The normalized spacial score (nSPS) is 14.7. The summed E-state index contributed by atoms with van der Waals surface area (Å²) < 4.78 is 2.22. The first-order valence-electron chi connectivity index (χ1n) is 11.7. The average Bonchev–Trinajstić information content (AvgIpc) is 3.27. The van der Waals surface area contributed by atoms with Gasteiger partial charge in [0, 0.05) is 71.2 Å².